The first-order chi connectivity index (χ1) is 10.9. The molecule has 0 aliphatic rings. The van der Waals surface area contributed by atoms with E-state index in [9.17, 15) is 14.9 Å². The molecule has 0 atom stereocenters. The van der Waals surface area contributed by atoms with Crippen LogP contribution in [0.25, 0.3) is 0 Å². The average molecular weight is 390 g/mol. The maximum atomic E-state index is 12.3. The molecule has 0 aliphatic heterocycles. The van der Waals surface area contributed by atoms with E-state index in [-0.39, 0.29) is 30.4 Å². The summed E-state index contributed by atoms with van der Waals surface area (Å²) in [6, 6.07) is 11.2. The highest BCUT2D eigenvalue weighted by Crippen LogP contribution is 2.23. The molecule has 0 aliphatic carbocycles. The van der Waals surface area contributed by atoms with E-state index < -0.39 is 4.92 Å². The van der Waals surface area contributed by atoms with Gasteiger partial charge in [-0.1, -0.05) is 41.4 Å². The lowest BCUT2D eigenvalue weighted by molar-refractivity contribution is -0.385. The van der Waals surface area contributed by atoms with Crippen LogP contribution in [0.15, 0.2) is 42.5 Å². The van der Waals surface area contributed by atoms with Gasteiger partial charge in [0.15, 0.2) is 5.78 Å². The molecule has 0 fully saturated rings. The largest absolute Gasteiger partial charge is 0.294 e. The lowest BCUT2D eigenvalue weighted by Crippen LogP contribution is -2.26. The highest BCUT2D eigenvalue weighted by molar-refractivity contribution is 6.42. The van der Waals surface area contributed by atoms with Crippen molar-refractivity contribution >= 4 is 47.1 Å². The minimum atomic E-state index is -0.427. The van der Waals surface area contributed by atoms with Gasteiger partial charge < -0.3 is 0 Å². The Bertz CT molecular complexity index is 753. The molecule has 2 aromatic carbocycles. The molecule has 0 radical (unpaired) electrons. The van der Waals surface area contributed by atoms with Crippen LogP contribution in [0.4, 0.5) is 5.69 Å². The summed E-state index contributed by atoms with van der Waals surface area (Å²) in [4.78, 5) is 24.5. The molecule has 0 amide bonds. The van der Waals surface area contributed by atoms with Crippen LogP contribution in [0.3, 0.4) is 0 Å². The maximum absolute atomic E-state index is 12.3. The van der Waals surface area contributed by atoms with Crippen LogP contribution in [-0.2, 0) is 6.54 Å². The number of hydrogen-bond donors (Lipinski definition) is 0. The van der Waals surface area contributed by atoms with Crippen LogP contribution in [0.5, 0.6) is 0 Å². The molecule has 0 unspecified atom stereocenters. The molecule has 0 heterocycles. The second-order valence-corrected chi connectivity index (χ2v) is 5.92. The van der Waals surface area contributed by atoms with Crippen molar-refractivity contribution in [1.29, 1.82) is 0 Å². The summed E-state index contributed by atoms with van der Waals surface area (Å²) >= 11 is 11.7. The van der Waals surface area contributed by atoms with Crippen molar-refractivity contribution in [3.05, 3.63) is 73.8 Å². The van der Waals surface area contributed by atoms with E-state index >= 15 is 0 Å². The van der Waals surface area contributed by atoms with Gasteiger partial charge in [-0.3, -0.25) is 19.8 Å². The fourth-order valence-corrected chi connectivity index (χ4v) is 2.47. The van der Waals surface area contributed by atoms with E-state index in [1.165, 1.54) is 12.1 Å². The van der Waals surface area contributed by atoms with Crippen LogP contribution in [0.2, 0.25) is 10.0 Å². The number of likely N-dealkylation sites (N-methyl/N-ethyl adjacent to an activating group) is 1. The number of para-hydroxylation sites is 1. The third-order valence-electron chi connectivity index (χ3n) is 3.28. The Hall–Kier alpha value is -1.66. The molecule has 0 saturated carbocycles. The minimum absolute atomic E-state index is 0. The van der Waals surface area contributed by atoms with Gasteiger partial charge in [0.1, 0.15) is 0 Å². The number of ketones is 1. The van der Waals surface area contributed by atoms with E-state index in [1.807, 2.05) is 0 Å². The first kappa shape index (κ1) is 20.4. The van der Waals surface area contributed by atoms with Gasteiger partial charge in [0, 0.05) is 23.7 Å². The number of carbonyl (C=O) groups is 1. The topological polar surface area (TPSA) is 63.5 Å². The molecule has 2 aromatic rings. The van der Waals surface area contributed by atoms with Crippen molar-refractivity contribution < 1.29 is 9.72 Å². The second kappa shape index (κ2) is 8.99. The normalized spacial score (nSPS) is 10.3. The monoisotopic (exact) mass is 388 g/mol. The summed E-state index contributed by atoms with van der Waals surface area (Å²) in [6.45, 7) is 0.411. The van der Waals surface area contributed by atoms with Crippen molar-refractivity contribution in [3.8, 4) is 0 Å². The highest BCUT2D eigenvalue weighted by atomic mass is 35.5. The van der Waals surface area contributed by atoms with E-state index in [0.717, 1.165) is 0 Å². The Labute approximate surface area is 155 Å². The number of halogens is 3. The minimum Gasteiger partial charge on any atom is -0.294 e. The third-order valence-corrected chi connectivity index (χ3v) is 4.02. The number of nitro groups is 1. The number of nitrogens with zero attached hydrogens (tertiary/aromatic N) is 2. The van der Waals surface area contributed by atoms with Crippen LogP contribution in [-0.4, -0.2) is 29.2 Å². The zero-order valence-corrected chi connectivity index (χ0v) is 15.1. The molecule has 128 valence electrons. The number of benzene rings is 2. The van der Waals surface area contributed by atoms with Crippen LogP contribution >= 0.6 is 35.6 Å². The molecule has 0 spiro atoms. The Morgan fingerprint density at radius 3 is 2.46 bits per heavy atom. The van der Waals surface area contributed by atoms with Crippen molar-refractivity contribution in [3.63, 3.8) is 0 Å². The zero-order chi connectivity index (χ0) is 17.0. The van der Waals surface area contributed by atoms with E-state index in [1.54, 1.807) is 42.3 Å². The van der Waals surface area contributed by atoms with Crippen molar-refractivity contribution in [1.82, 2.24) is 4.90 Å². The number of nitro benzene ring substituents is 1. The smallest absolute Gasteiger partial charge is 0.273 e. The molecule has 5 nitrogen and oxygen atoms in total. The second-order valence-electron chi connectivity index (χ2n) is 5.11. The molecule has 0 saturated heterocycles. The summed E-state index contributed by atoms with van der Waals surface area (Å²) in [5, 5.41) is 11.7. The Balaban J connectivity index is 0.00000288. The molecule has 24 heavy (non-hydrogen) atoms. The lowest BCUT2D eigenvalue weighted by atomic mass is 10.1. The summed E-state index contributed by atoms with van der Waals surface area (Å²) in [6.07, 6.45) is 0. The van der Waals surface area contributed by atoms with Gasteiger partial charge in [0.2, 0.25) is 0 Å². The molecule has 0 N–H and O–H groups in total. The molecular weight excluding hydrogens is 375 g/mol. The lowest BCUT2D eigenvalue weighted by Gasteiger charge is -2.16. The summed E-state index contributed by atoms with van der Waals surface area (Å²) in [5.41, 5.74) is 1.05. The quantitative estimate of drug-likeness (QED) is 0.410. The average Bonchev–Trinajstić information content (AvgIpc) is 2.50. The predicted octanol–water partition coefficient (Wildman–Crippen LogP) is 4.64. The standard InChI is InChI=1S/C16H14Cl2N2O3.ClH/c1-19(9-12-4-2-3-5-15(12)20(22)23)10-16(21)11-6-7-13(17)14(18)8-11;/h2-8H,9-10H2,1H3;1H. The highest BCUT2D eigenvalue weighted by Gasteiger charge is 2.16. The maximum Gasteiger partial charge on any atom is 0.273 e. The van der Waals surface area contributed by atoms with Gasteiger partial charge in [0.05, 0.1) is 21.5 Å². The molecule has 8 heteroatoms. The number of carbonyl (C=O) groups excluding carboxylic acids is 1. The van der Waals surface area contributed by atoms with Gasteiger partial charge in [-0.2, -0.15) is 0 Å². The number of hydrogen-bond acceptors (Lipinski definition) is 4. The van der Waals surface area contributed by atoms with Crippen molar-refractivity contribution in [2.75, 3.05) is 13.6 Å². The summed E-state index contributed by atoms with van der Waals surface area (Å²) in [5.74, 6) is -0.135. The fourth-order valence-electron chi connectivity index (χ4n) is 2.18. The SMILES string of the molecule is CN(CC(=O)c1ccc(Cl)c(Cl)c1)Cc1ccccc1[N+](=O)[O-].Cl. The first-order valence-electron chi connectivity index (χ1n) is 6.77. The van der Waals surface area contributed by atoms with Gasteiger partial charge in [0.25, 0.3) is 5.69 Å². The van der Waals surface area contributed by atoms with Gasteiger partial charge in [-0.15, -0.1) is 12.4 Å². The van der Waals surface area contributed by atoms with E-state index in [4.69, 9.17) is 23.2 Å². The predicted molar refractivity (Wildman–Crippen MR) is 97.5 cm³/mol. The summed E-state index contributed by atoms with van der Waals surface area (Å²) < 4.78 is 0. The van der Waals surface area contributed by atoms with Gasteiger partial charge in [-0.05, 0) is 25.2 Å². The third kappa shape index (κ3) is 5.18. The first-order valence-corrected chi connectivity index (χ1v) is 7.53. The number of rotatable bonds is 6. The Kier molecular flexibility index (Phi) is 7.63. The van der Waals surface area contributed by atoms with Crippen LogP contribution < -0.4 is 0 Å². The number of Topliss-reactive ketones (excluding diaryl/α,β-unsaturated/α-hetero) is 1. The van der Waals surface area contributed by atoms with Crippen molar-refractivity contribution in [2.24, 2.45) is 0 Å². The molecular formula is C16H15Cl3N2O3. The fraction of sp³-hybridized carbons (Fsp3) is 0.188. The Morgan fingerprint density at radius 1 is 1.17 bits per heavy atom. The summed E-state index contributed by atoms with van der Waals surface area (Å²) in [7, 11) is 1.73. The van der Waals surface area contributed by atoms with Gasteiger partial charge >= 0.3 is 0 Å². The molecule has 0 aromatic heterocycles. The van der Waals surface area contributed by atoms with E-state index in [2.05, 4.69) is 0 Å². The van der Waals surface area contributed by atoms with E-state index in [0.29, 0.717) is 27.7 Å². The molecule has 2 rings (SSSR count). The molecule has 0 bridgehead atoms. The Morgan fingerprint density at radius 2 is 1.83 bits per heavy atom. The van der Waals surface area contributed by atoms with Crippen LogP contribution in [0.1, 0.15) is 15.9 Å². The zero-order valence-electron chi connectivity index (χ0n) is 12.7. The van der Waals surface area contributed by atoms with Crippen LogP contribution in [0, 0.1) is 10.1 Å². The van der Waals surface area contributed by atoms with Crippen molar-refractivity contribution in [2.45, 2.75) is 6.54 Å². The van der Waals surface area contributed by atoms with Gasteiger partial charge in [-0.25, -0.2) is 0 Å².